The molecule has 17 heteroatoms. The van der Waals surface area contributed by atoms with Gasteiger partial charge in [0.05, 0.1) is 125 Å². The predicted octanol–water partition coefficient (Wildman–Crippen LogP) is 0.443. The van der Waals surface area contributed by atoms with Crippen LogP contribution in [0.5, 0.6) is 0 Å². The summed E-state index contributed by atoms with van der Waals surface area (Å²) in [5.41, 5.74) is 8.12. The molecule has 42 heavy (non-hydrogen) atoms. The summed E-state index contributed by atoms with van der Waals surface area (Å²) in [7, 11) is 0. The van der Waals surface area contributed by atoms with Crippen LogP contribution in [0.3, 0.4) is 0 Å². The lowest BCUT2D eigenvalue weighted by molar-refractivity contribution is -0.198. The van der Waals surface area contributed by atoms with Gasteiger partial charge in [-0.3, -0.25) is 9.59 Å². The molecule has 0 aromatic heterocycles. The number of azide groups is 1. The quantitative estimate of drug-likeness (QED) is 0.0346. The summed E-state index contributed by atoms with van der Waals surface area (Å²) in [5.74, 6) is -1.72. The number of hydrogen-bond acceptors (Lipinski definition) is 14. The van der Waals surface area contributed by atoms with Gasteiger partial charge in [-0.05, 0) is 5.53 Å². The molecule has 0 aromatic rings. The van der Waals surface area contributed by atoms with Gasteiger partial charge in [0.25, 0.3) is 11.8 Å². The SMILES string of the molecule is [N-]=[N+]=NCCOCCOCCOCCOCCOCCOCCOCCOCCOCCC(=O)ON1C(=O)CCC1=O. The van der Waals surface area contributed by atoms with Crippen LogP contribution in [0.15, 0.2) is 5.11 Å². The third-order valence-electron chi connectivity index (χ3n) is 5.02. The highest BCUT2D eigenvalue weighted by atomic mass is 16.7. The van der Waals surface area contributed by atoms with Gasteiger partial charge in [-0.25, -0.2) is 4.79 Å². The number of carbonyl (C=O) groups excluding carboxylic acids is 3. The normalized spacial score (nSPS) is 13.1. The molecule has 1 rings (SSSR count). The summed E-state index contributed by atoms with van der Waals surface area (Å²) in [6.45, 7) is 7.74. The molecule has 1 aliphatic rings. The Hall–Kier alpha value is -2.44. The smallest absolute Gasteiger partial charge is 0.335 e. The van der Waals surface area contributed by atoms with Crippen molar-refractivity contribution in [3.05, 3.63) is 10.4 Å². The number of amides is 2. The second-order valence-corrected chi connectivity index (χ2v) is 8.26. The molecule has 0 aliphatic carbocycles. The third kappa shape index (κ3) is 23.2. The first kappa shape index (κ1) is 37.6. The van der Waals surface area contributed by atoms with Crippen LogP contribution in [-0.2, 0) is 61.9 Å². The van der Waals surface area contributed by atoms with E-state index < -0.39 is 17.8 Å². The van der Waals surface area contributed by atoms with Crippen molar-refractivity contribution in [1.82, 2.24) is 5.06 Å². The number of hydrogen-bond donors (Lipinski definition) is 0. The van der Waals surface area contributed by atoms with Gasteiger partial charge in [0.15, 0.2) is 0 Å². The van der Waals surface area contributed by atoms with Gasteiger partial charge >= 0.3 is 5.97 Å². The van der Waals surface area contributed by atoms with E-state index in [4.69, 9.17) is 53.0 Å². The Morgan fingerprint density at radius 2 is 0.881 bits per heavy atom. The number of nitrogens with zero attached hydrogens (tertiary/aromatic N) is 4. The van der Waals surface area contributed by atoms with Gasteiger partial charge in [0.2, 0.25) is 0 Å². The van der Waals surface area contributed by atoms with Crippen LogP contribution in [0.4, 0.5) is 0 Å². The van der Waals surface area contributed by atoms with Crippen molar-refractivity contribution in [2.45, 2.75) is 19.3 Å². The molecular weight excluding hydrogens is 564 g/mol. The zero-order valence-corrected chi connectivity index (χ0v) is 24.2. The Morgan fingerprint density at radius 1 is 0.571 bits per heavy atom. The summed E-state index contributed by atoms with van der Waals surface area (Å²) >= 11 is 0. The average molecular weight is 609 g/mol. The molecule has 0 radical (unpaired) electrons. The third-order valence-corrected chi connectivity index (χ3v) is 5.02. The van der Waals surface area contributed by atoms with Gasteiger partial charge in [0, 0.05) is 24.3 Å². The van der Waals surface area contributed by atoms with Crippen molar-refractivity contribution >= 4 is 17.8 Å². The fourth-order valence-electron chi connectivity index (χ4n) is 2.97. The second kappa shape index (κ2) is 28.7. The van der Waals surface area contributed by atoms with E-state index in [0.717, 1.165) is 0 Å². The van der Waals surface area contributed by atoms with Crippen LogP contribution >= 0.6 is 0 Å². The van der Waals surface area contributed by atoms with Crippen molar-refractivity contribution in [2.75, 3.05) is 125 Å². The van der Waals surface area contributed by atoms with Crippen molar-refractivity contribution in [3.8, 4) is 0 Å². The van der Waals surface area contributed by atoms with E-state index in [2.05, 4.69) is 10.0 Å². The van der Waals surface area contributed by atoms with Crippen LogP contribution in [0, 0.1) is 0 Å². The molecule has 0 unspecified atom stereocenters. The minimum absolute atomic E-state index is 0.0583. The lowest BCUT2D eigenvalue weighted by atomic mass is 10.4. The first-order valence-corrected chi connectivity index (χ1v) is 13.9. The van der Waals surface area contributed by atoms with Crippen molar-refractivity contribution < 1.29 is 61.9 Å². The molecule has 0 bridgehead atoms. The number of rotatable bonds is 31. The van der Waals surface area contributed by atoms with Gasteiger partial charge in [-0.15, -0.1) is 5.06 Å². The molecule has 1 heterocycles. The molecule has 0 spiro atoms. The van der Waals surface area contributed by atoms with Gasteiger partial charge in [-0.1, -0.05) is 5.11 Å². The van der Waals surface area contributed by atoms with Crippen LogP contribution < -0.4 is 0 Å². The van der Waals surface area contributed by atoms with E-state index >= 15 is 0 Å². The maximum absolute atomic E-state index is 11.6. The fraction of sp³-hybridized carbons (Fsp3) is 0.880. The minimum atomic E-state index is -0.701. The molecule has 1 fully saturated rings. The first-order valence-electron chi connectivity index (χ1n) is 13.9. The Morgan fingerprint density at radius 3 is 1.21 bits per heavy atom. The lowest BCUT2D eigenvalue weighted by Gasteiger charge is -2.12. The minimum Gasteiger partial charge on any atom is -0.379 e. The first-order chi connectivity index (χ1) is 20.6. The molecule has 0 N–H and O–H groups in total. The van der Waals surface area contributed by atoms with E-state index in [0.29, 0.717) is 117 Å². The summed E-state index contributed by atoms with van der Waals surface area (Å²) in [4.78, 5) is 41.7. The van der Waals surface area contributed by atoms with Crippen LogP contribution in [0.2, 0.25) is 0 Å². The fourth-order valence-corrected chi connectivity index (χ4v) is 2.97. The number of ether oxygens (including phenoxy) is 9. The highest BCUT2D eigenvalue weighted by Gasteiger charge is 2.32. The topological polar surface area (TPSA) is 196 Å². The maximum Gasteiger partial charge on any atom is 0.335 e. The van der Waals surface area contributed by atoms with Crippen molar-refractivity contribution in [2.24, 2.45) is 5.11 Å². The maximum atomic E-state index is 11.6. The van der Waals surface area contributed by atoms with Crippen LogP contribution in [-0.4, -0.2) is 148 Å². The largest absolute Gasteiger partial charge is 0.379 e. The summed E-state index contributed by atoms with van der Waals surface area (Å²) < 4.78 is 48.2. The Balaban J connectivity index is 1.67. The van der Waals surface area contributed by atoms with Crippen molar-refractivity contribution in [1.29, 1.82) is 0 Å². The molecule has 2 amide bonds. The lowest BCUT2D eigenvalue weighted by Crippen LogP contribution is -2.32. The molecule has 0 atom stereocenters. The molecule has 0 saturated carbocycles. The highest BCUT2D eigenvalue weighted by molar-refractivity contribution is 6.01. The molecular formula is C25H44N4O13. The van der Waals surface area contributed by atoms with Gasteiger partial charge in [0.1, 0.15) is 0 Å². The molecule has 17 nitrogen and oxygen atoms in total. The van der Waals surface area contributed by atoms with Gasteiger partial charge < -0.3 is 47.5 Å². The monoisotopic (exact) mass is 608 g/mol. The zero-order valence-electron chi connectivity index (χ0n) is 24.2. The van der Waals surface area contributed by atoms with Gasteiger partial charge in [-0.2, -0.15) is 0 Å². The molecule has 1 aliphatic heterocycles. The Labute approximate surface area is 245 Å². The van der Waals surface area contributed by atoms with E-state index in [-0.39, 0.29) is 32.5 Å². The molecule has 1 saturated heterocycles. The second-order valence-electron chi connectivity index (χ2n) is 8.26. The van der Waals surface area contributed by atoms with E-state index in [1.807, 2.05) is 0 Å². The van der Waals surface area contributed by atoms with Crippen LogP contribution in [0.25, 0.3) is 10.4 Å². The number of hydroxylamine groups is 2. The Bertz CT molecular complexity index is 740. The molecule has 0 aromatic carbocycles. The van der Waals surface area contributed by atoms with E-state index in [9.17, 15) is 14.4 Å². The number of carbonyl (C=O) groups is 3. The van der Waals surface area contributed by atoms with Crippen LogP contribution in [0.1, 0.15) is 19.3 Å². The average Bonchev–Trinajstić information content (AvgIpc) is 3.30. The summed E-state index contributed by atoms with van der Waals surface area (Å²) in [5, 5.41) is 3.88. The number of imide groups is 1. The summed E-state index contributed by atoms with van der Waals surface area (Å²) in [6.07, 6.45) is 0.0417. The zero-order chi connectivity index (χ0) is 30.4. The highest BCUT2D eigenvalue weighted by Crippen LogP contribution is 2.12. The predicted molar refractivity (Wildman–Crippen MR) is 143 cm³/mol. The van der Waals surface area contributed by atoms with Crippen molar-refractivity contribution in [3.63, 3.8) is 0 Å². The van der Waals surface area contributed by atoms with E-state index in [1.54, 1.807) is 0 Å². The summed E-state index contributed by atoms with van der Waals surface area (Å²) in [6, 6.07) is 0. The Kier molecular flexibility index (Phi) is 25.7. The van der Waals surface area contributed by atoms with E-state index in [1.165, 1.54) is 0 Å². The standard InChI is InChI=1S/C25H44N4O13/c26-28-27-4-6-34-8-10-36-12-14-38-16-18-40-20-22-41-21-19-39-17-15-37-13-11-35-9-7-33-5-3-25(32)42-29-23(30)1-2-24(29)31/h1-22H2. The molecule has 242 valence electrons.